The summed E-state index contributed by atoms with van der Waals surface area (Å²) in [7, 11) is -3.23. The summed E-state index contributed by atoms with van der Waals surface area (Å²) < 4.78 is 25.6. The molecule has 0 fully saturated rings. The molecule has 0 saturated heterocycles. The Kier molecular flexibility index (Phi) is 4.43. The Morgan fingerprint density at radius 2 is 2.11 bits per heavy atom. The summed E-state index contributed by atoms with van der Waals surface area (Å²) in [6.45, 7) is 1.86. The van der Waals surface area contributed by atoms with Gasteiger partial charge in [-0.05, 0) is 6.92 Å². The van der Waals surface area contributed by atoms with E-state index in [1.165, 1.54) is 0 Å². The van der Waals surface area contributed by atoms with Gasteiger partial charge in [-0.25, -0.2) is 0 Å². The Hall–Kier alpha value is 0.390. The van der Waals surface area contributed by atoms with Gasteiger partial charge in [0.05, 0.1) is 12.4 Å². The molecule has 5 heteroatoms. The molecule has 3 nitrogen and oxygen atoms in total. The van der Waals surface area contributed by atoms with Crippen molar-refractivity contribution in [2.45, 2.75) is 6.92 Å². The van der Waals surface area contributed by atoms with Crippen LogP contribution in [0.1, 0.15) is 6.92 Å². The van der Waals surface area contributed by atoms with Gasteiger partial charge in [0.15, 0.2) is 0 Å². The van der Waals surface area contributed by atoms with Crippen LogP contribution in [0.15, 0.2) is 0 Å². The molecular weight excluding hydrogens is 208 g/mol. The van der Waals surface area contributed by atoms with Gasteiger partial charge in [0.25, 0.3) is 10.1 Å². The summed E-state index contributed by atoms with van der Waals surface area (Å²) in [5.74, 6) is 0.0425. The SMILES string of the molecule is CCOS(=O)(=O)CCBr. The number of hydrogen-bond acceptors (Lipinski definition) is 3. The summed E-state index contributed by atoms with van der Waals surface area (Å²) in [6, 6.07) is 0. The molecule has 0 aromatic heterocycles. The first-order valence-corrected chi connectivity index (χ1v) is 5.25. The zero-order valence-electron chi connectivity index (χ0n) is 5.13. The topological polar surface area (TPSA) is 43.4 Å². The standard InChI is InChI=1S/C4H9BrO3S/c1-2-8-9(6,7)4-3-5/h2-4H2,1H3. The first kappa shape index (κ1) is 9.39. The smallest absolute Gasteiger partial charge is 0.268 e. The van der Waals surface area contributed by atoms with Crippen molar-refractivity contribution in [2.24, 2.45) is 0 Å². The fraction of sp³-hybridized carbons (Fsp3) is 1.00. The molecule has 56 valence electrons. The zero-order chi connectivity index (χ0) is 7.33. The predicted octanol–water partition coefficient (Wildman–Crippen LogP) is 0.748. The highest BCUT2D eigenvalue weighted by Crippen LogP contribution is 1.94. The molecule has 0 bridgehead atoms. The van der Waals surface area contributed by atoms with E-state index in [-0.39, 0.29) is 12.4 Å². The van der Waals surface area contributed by atoms with E-state index >= 15 is 0 Å². The van der Waals surface area contributed by atoms with Crippen LogP contribution >= 0.6 is 15.9 Å². The molecule has 0 aliphatic heterocycles. The minimum absolute atomic E-state index is 0.0425. The summed E-state index contributed by atoms with van der Waals surface area (Å²) in [4.78, 5) is 0. The highest BCUT2D eigenvalue weighted by Gasteiger charge is 2.06. The molecule has 0 aromatic carbocycles. The van der Waals surface area contributed by atoms with Crippen LogP contribution in [0.25, 0.3) is 0 Å². The first-order valence-electron chi connectivity index (χ1n) is 2.55. The van der Waals surface area contributed by atoms with Gasteiger partial charge < -0.3 is 0 Å². The molecular formula is C4H9BrO3S. The Bertz CT molecular complexity index is 139. The third-order valence-electron chi connectivity index (χ3n) is 0.625. The fourth-order valence-corrected chi connectivity index (χ4v) is 2.19. The average molecular weight is 217 g/mol. The quantitative estimate of drug-likeness (QED) is 0.515. The maximum atomic E-state index is 10.6. The van der Waals surface area contributed by atoms with E-state index in [2.05, 4.69) is 20.1 Å². The van der Waals surface area contributed by atoms with E-state index in [9.17, 15) is 8.42 Å². The van der Waals surface area contributed by atoms with Crippen LogP contribution < -0.4 is 0 Å². The van der Waals surface area contributed by atoms with Crippen LogP contribution in [0.5, 0.6) is 0 Å². The second-order valence-electron chi connectivity index (χ2n) is 1.36. The third kappa shape index (κ3) is 4.87. The number of hydrogen-bond donors (Lipinski definition) is 0. The highest BCUT2D eigenvalue weighted by molar-refractivity contribution is 9.09. The monoisotopic (exact) mass is 216 g/mol. The van der Waals surface area contributed by atoms with Crippen LogP contribution in [0.4, 0.5) is 0 Å². The second kappa shape index (κ2) is 4.24. The molecule has 0 aliphatic carbocycles. The van der Waals surface area contributed by atoms with Gasteiger partial charge in [0.2, 0.25) is 0 Å². The Morgan fingerprint density at radius 1 is 1.56 bits per heavy atom. The lowest BCUT2D eigenvalue weighted by Gasteiger charge is -1.97. The van der Waals surface area contributed by atoms with Gasteiger partial charge in [-0.1, -0.05) is 15.9 Å². The Morgan fingerprint density at radius 3 is 2.44 bits per heavy atom. The first-order chi connectivity index (χ1) is 4.12. The lowest BCUT2D eigenvalue weighted by atomic mass is 10.9. The van der Waals surface area contributed by atoms with Gasteiger partial charge >= 0.3 is 0 Å². The van der Waals surface area contributed by atoms with Gasteiger partial charge in [-0.3, -0.25) is 4.18 Å². The van der Waals surface area contributed by atoms with E-state index in [0.29, 0.717) is 5.33 Å². The fourth-order valence-electron chi connectivity index (χ4n) is 0.333. The Balaban J connectivity index is 3.73. The van der Waals surface area contributed by atoms with Gasteiger partial charge in [0, 0.05) is 5.33 Å². The average Bonchev–Trinajstić information content (AvgIpc) is 1.64. The van der Waals surface area contributed by atoms with Crippen molar-refractivity contribution in [3.05, 3.63) is 0 Å². The molecule has 0 atom stereocenters. The molecule has 0 spiro atoms. The molecule has 0 aliphatic rings. The normalized spacial score (nSPS) is 11.8. The lowest BCUT2D eigenvalue weighted by molar-refractivity contribution is 0.339. The van der Waals surface area contributed by atoms with Gasteiger partial charge in [-0.2, -0.15) is 8.42 Å². The number of halogens is 1. The summed E-state index contributed by atoms with van der Waals surface area (Å²) in [6.07, 6.45) is 0. The molecule has 0 N–H and O–H groups in total. The lowest BCUT2D eigenvalue weighted by Crippen LogP contribution is -2.10. The van der Waals surface area contributed by atoms with Crippen molar-refractivity contribution < 1.29 is 12.6 Å². The third-order valence-corrected chi connectivity index (χ3v) is 2.84. The van der Waals surface area contributed by atoms with Crippen molar-refractivity contribution in [3.8, 4) is 0 Å². The van der Waals surface area contributed by atoms with Crippen LogP contribution in [0.2, 0.25) is 0 Å². The predicted molar refractivity (Wildman–Crippen MR) is 39.2 cm³/mol. The molecule has 9 heavy (non-hydrogen) atoms. The minimum atomic E-state index is -3.23. The van der Waals surface area contributed by atoms with Crippen molar-refractivity contribution in [3.63, 3.8) is 0 Å². The molecule has 0 amide bonds. The van der Waals surface area contributed by atoms with Crippen LogP contribution in [0.3, 0.4) is 0 Å². The van der Waals surface area contributed by atoms with Crippen LogP contribution in [0, 0.1) is 0 Å². The Labute approximate surface area is 63.6 Å². The molecule has 0 heterocycles. The summed E-state index contributed by atoms with van der Waals surface area (Å²) in [5, 5.41) is 0.426. The molecule has 0 saturated carbocycles. The van der Waals surface area contributed by atoms with E-state index in [1.807, 2.05) is 0 Å². The number of rotatable bonds is 4. The molecule has 0 radical (unpaired) electrons. The highest BCUT2D eigenvalue weighted by atomic mass is 79.9. The molecule has 0 aromatic rings. The zero-order valence-corrected chi connectivity index (χ0v) is 7.53. The van der Waals surface area contributed by atoms with E-state index in [4.69, 9.17) is 0 Å². The second-order valence-corrected chi connectivity index (χ2v) is 3.91. The summed E-state index contributed by atoms with van der Waals surface area (Å²) >= 11 is 3.00. The number of alkyl halides is 1. The largest absolute Gasteiger partial charge is 0.270 e. The van der Waals surface area contributed by atoms with Crippen LogP contribution in [-0.2, 0) is 14.3 Å². The summed E-state index contributed by atoms with van der Waals surface area (Å²) in [5.41, 5.74) is 0. The molecule has 0 rings (SSSR count). The van der Waals surface area contributed by atoms with Crippen molar-refractivity contribution >= 4 is 26.0 Å². The van der Waals surface area contributed by atoms with Gasteiger partial charge in [0.1, 0.15) is 0 Å². The van der Waals surface area contributed by atoms with E-state index in [1.54, 1.807) is 6.92 Å². The molecule has 0 unspecified atom stereocenters. The maximum Gasteiger partial charge on any atom is 0.268 e. The maximum absolute atomic E-state index is 10.6. The van der Waals surface area contributed by atoms with Crippen molar-refractivity contribution in [1.82, 2.24) is 0 Å². The van der Waals surface area contributed by atoms with Crippen molar-refractivity contribution in [2.75, 3.05) is 17.7 Å². The van der Waals surface area contributed by atoms with E-state index < -0.39 is 10.1 Å². The minimum Gasteiger partial charge on any atom is -0.270 e. The van der Waals surface area contributed by atoms with E-state index in [0.717, 1.165) is 0 Å². The van der Waals surface area contributed by atoms with Gasteiger partial charge in [-0.15, -0.1) is 0 Å². The van der Waals surface area contributed by atoms with Crippen molar-refractivity contribution in [1.29, 1.82) is 0 Å². The van der Waals surface area contributed by atoms with Crippen LogP contribution in [-0.4, -0.2) is 26.1 Å².